The first-order chi connectivity index (χ1) is 11.2. The zero-order valence-electron chi connectivity index (χ0n) is 16.0. The van der Waals surface area contributed by atoms with Crippen molar-refractivity contribution in [3.8, 4) is 0 Å². The molecule has 1 aromatic rings. The summed E-state index contributed by atoms with van der Waals surface area (Å²) in [6.45, 7) is 18.5. The molecule has 0 atom stereocenters. The zero-order valence-corrected chi connectivity index (χ0v) is 16.0. The van der Waals surface area contributed by atoms with E-state index in [-0.39, 0.29) is 0 Å². The van der Waals surface area contributed by atoms with Crippen LogP contribution in [0.15, 0.2) is 18.3 Å². The Morgan fingerprint density at radius 1 is 1.09 bits per heavy atom. The Kier molecular flexibility index (Phi) is 14.0. The molecule has 0 radical (unpaired) electrons. The molecule has 0 saturated carbocycles. The maximum Gasteiger partial charge on any atom is 0.0375 e. The molecule has 1 fully saturated rings. The summed E-state index contributed by atoms with van der Waals surface area (Å²) in [5.41, 5.74) is 7.86. The molecule has 1 aliphatic rings. The van der Waals surface area contributed by atoms with Crippen LogP contribution in [0.4, 0.5) is 0 Å². The number of nitrogens with two attached hydrogens (primary N) is 1. The first-order valence-corrected chi connectivity index (χ1v) is 9.19. The van der Waals surface area contributed by atoms with Gasteiger partial charge in [-0.3, -0.25) is 4.98 Å². The van der Waals surface area contributed by atoms with Gasteiger partial charge in [0.05, 0.1) is 0 Å². The molecule has 4 heteroatoms. The summed E-state index contributed by atoms with van der Waals surface area (Å²) in [6.07, 6.45) is 4.29. The van der Waals surface area contributed by atoms with E-state index < -0.39 is 0 Å². The highest BCUT2D eigenvalue weighted by molar-refractivity contribution is 5.12. The van der Waals surface area contributed by atoms with E-state index >= 15 is 0 Å². The minimum atomic E-state index is 0.827. The molecule has 0 aliphatic carbocycles. The summed E-state index contributed by atoms with van der Waals surface area (Å²) < 4.78 is 0. The molecule has 0 amide bonds. The van der Waals surface area contributed by atoms with Gasteiger partial charge in [0.1, 0.15) is 0 Å². The molecule has 1 aromatic heterocycles. The van der Waals surface area contributed by atoms with Crippen molar-refractivity contribution in [1.29, 1.82) is 0 Å². The van der Waals surface area contributed by atoms with E-state index in [0.29, 0.717) is 0 Å². The lowest BCUT2D eigenvalue weighted by Crippen LogP contribution is -2.31. The van der Waals surface area contributed by atoms with Crippen LogP contribution >= 0.6 is 0 Å². The van der Waals surface area contributed by atoms with Crippen molar-refractivity contribution in [3.05, 3.63) is 29.6 Å². The largest absolute Gasteiger partial charge is 0.330 e. The van der Waals surface area contributed by atoms with Gasteiger partial charge in [-0.05, 0) is 77.1 Å². The highest BCUT2D eigenvalue weighted by atomic mass is 15.2. The Bertz CT molecular complexity index is 364. The first kappa shape index (κ1) is 22.0. The Labute approximate surface area is 144 Å². The molecule has 1 saturated heterocycles. The van der Waals surface area contributed by atoms with Gasteiger partial charge in [0.2, 0.25) is 0 Å². The van der Waals surface area contributed by atoms with E-state index in [1.165, 1.54) is 51.3 Å². The summed E-state index contributed by atoms with van der Waals surface area (Å²) in [4.78, 5) is 9.11. The maximum absolute atomic E-state index is 5.50. The Hall–Kier alpha value is -0.970. The lowest BCUT2D eigenvalue weighted by atomic mass is 10.3. The number of nitrogens with zero attached hydrogens (tertiary/aromatic N) is 3. The number of likely N-dealkylation sites (N-methyl/N-ethyl adjacent to an activating group) is 1. The van der Waals surface area contributed by atoms with Gasteiger partial charge in [0, 0.05) is 25.0 Å². The van der Waals surface area contributed by atoms with Crippen molar-refractivity contribution in [2.45, 2.75) is 47.5 Å². The maximum atomic E-state index is 5.50. The van der Waals surface area contributed by atoms with Crippen molar-refractivity contribution < 1.29 is 0 Å². The first-order valence-electron chi connectivity index (χ1n) is 9.19. The summed E-state index contributed by atoms with van der Waals surface area (Å²) in [6, 6.07) is 4.05. The quantitative estimate of drug-likeness (QED) is 0.925. The summed E-state index contributed by atoms with van der Waals surface area (Å²) in [5.74, 6) is 0. The normalized spacial score (nSPS) is 15.7. The second-order valence-electron chi connectivity index (χ2n) is 5.75. The van der Waals surface area contributed by atoms with E-state index in [2.05, 4.69) is 34.7 Å². The summed E-state index contributed by atoms with van der Waals surface area (Å²) in [7, 11) is 0. The van der Waals surface area contributed by atoms with Crippen LogP contribution in [0.2, 0.25) is 0 Å². The molecule has 0 spiro atoms. The molecule has 0 unspecified atom stereocenters. The number of pyridine rings is 1. The van der Waals surface area contributed by atoms with Crippen LogP contribution in [0.5, 0.6) is 0 Å². The van der Waals surface area contributed by atoms with E-state index in [9.17, 15) is 0 Å². The number of hydrogen-bond acceptors (Lipinski definition) is 4. The summed E-state index contributed by atoms with van der Waals surface area (Å²) >= 11 is 0. The molecular weight excluding hydrogens is 284 g/mol. The SMILES string of the molecule is CC.CCN1CCCN(CCCN)CC1.Cc1ccnc(C)c1. The average molecular weight is 323 g/mol. The van der Waals surface area contributed by atoms with Gasteiger partial charge in [-0.2, -0.15) is 0 Å². The predicted molar refractivity (Wildman–Crippen MR) is 102 cm³/mol. The molecule has 1 aliphatic heterocycles. The number of aromatic nitrogens is 1. The van der Waals surface area contributed by atoms with Crippen LogP contribution in [-0.4, -0.2) is 60.6 Å². The molecule has 23 heavy (non-hydrogen) atoms. The molecule has 0 bridgehead atoms. The fourth-order valence-electron chi connectivity index (χ4n) is 2.57. The van der Waals surface area contributed by atoms with E-state index in [1.54, 1.807) is 0 Å². The third-order valence-corrected chi connectivity index (χ3v) is 3.86. The fraction of sp³-hybridized carbons (Fsp3) is 0.737. The topological polar surface area (TPSA) is 45.4 Å². The van der Waals surface area contributed by atoms with Crippen LogP contribution in [0.25, 0.3) is 0 Å². The van der Waals surface area contributed by atoms with Crippen molar-refractivity contribution in [2.75, 3.05) is 45.8 Å². The predicted octanol–water partition coefficient (Wildman–Crippen LogP) is 3.09. The second-order valence-corrected chi connectivity index (χ2v) is 5.75. The minimum absolute atomic E-state index is 0.827. The van der Waals surface area contributed by atoms with Crippen molar-refractivity contribution in [1.82, 2.24) is 14.8 Å². The second kappa shape index (κ2) is 14.6. The van der Waals surface area contributed by atoms with Gasteiger partial charge in [0.15, 0.2) is 0 Å². The monoisotopic (exact) mass is 322 g/mol. The minimum Gasteiger partial charge on any atom is -0.330 e. The van der Waals surface area contributed by atoms with Gasteiger partial charge in [0.25, 0.3) is 0 Å². The molecule has 4 nitrogen and oxygen atoms in total. The Morgan fingerprint density at radius 3 is 2.26 bits per heavy atom. The van der Waals surface area contributed by atoms with E-state index in [1.807, 2.05) is 33.0 Å². The summed E-state index contributed by atoms with van der Waals surface area (Å²) in [5, 5.41) is 0. The van der Waals surface area contributed by atoms with Crippen LogP contribution < -0.4 is 5.73 Å². The molecule has 2 N–H and O–H groups in total. The Morgan fingerprint density at radius 2 is 1.74 bits per heavy atom. The Balaban J connectivity index is 0.000000414. The fourth-order valence-corrected chi connectivity index (χ4v) is 2.57. The van der Waals surface area contributed by atoms with E-state index in [0.717, 1.165) is 18.7 Å². The third-order valence-electron chi connectivity index (χ3n) is 3.86. The van der Waals surface area contributed by atoms with Gasteiger partial charge >= 0.3 is 0 Å². The standard InChI is InChI=1S/C10H23N3.C7H9N.C2H6/c1-2-12-7-4-8-13(10-9-12)6-3-5-11;1-6-3-4-8-7(2)5-6;1-2/h2-11H2,1H3;3-5H,1-2H3;1-2H3. The van der Waals surface area contributed by atoms with Crippen LogP contribution in [0, 0.1) is 13.8 Å². The lowest BCUT2D eigenvalue weighted by Gasteiger charge is -2.20. The number of aryl methyl sites for hydroxylation is 2. The molecule has 2 rings (SSSR count). The van der Waals surface area contributed by atoms with Crippen LogP contribution in [-0.2, 0) is 0 Å². The van der Waals surface area contributed by atoms with Gasteiger partial charge in [-0.15, -0.1) is 0 Å². The zero-order chi connectivity index (χ0) is 17.5. The third kappa shape index (κ3) is 11.2. The van der Waals surface area contributed by atoms with E-state index in [4.69, 9.17) is 5.73 Å². The molecule has 2 heterocycles. The highest BCUT2D eigenvalue weighted by Gasteiger charge is 2.12. The number of hydrogen-bond donors (Lipinski definition) is 1. The number of rotatable bonds is 4. The highest BCUT2D eigenvalue weighted by Crippen LogP contribution is 2.02. The molecule has 134 valence electrons. The van der Waals surface area contributed by atoms with Crippen molar-refractivity contribution in [3.63, 3.8) is 0 Å². The lowest BCUT2D eigenvalue weighted by molar-refractivity contribution is 0.262. The average Bonchev–Trinajstić information content (AvgIpc) is 2.80. The molecule has 0 aromatic carbocycles. The van der Waals surface area contributed by atoms with Gasteiger partial charge < -0.3 is 15.5 Å². The smallest absolute Gasteiger partial charge is 0.0375 e. The van der Waals surface area contributed by atoms with Gasteiger partial charge in [-0.25, -0.2) is 0 Å². The van der Waals surface area contributed by atoms with Crippen molar-refractivity contribution in [2.24, 2.45) is 5.73 Å². The van der Waals surface area contributed by atoms with Crippen LogP contribution in [0.3, 0.4) is 0 Å². The molecular formula is C19H38N4. The van der Waals surface area contributed by atoms with Crippen molar-refractivity contribution >= 4 is 0 Å². The van der Waals surface area contributed by atoms with Crippen LogP contribution in [0.1, 0.15) is 44.9 Å². The van der Waals surface area contributed by atoms with Gasteiger partial charge in [-0.1, -0.05) is 20.8 Å².